The van der Waals surface area contributed by atoms with Gasteiger partial charge in [0.25, 0.3) is 0 Å². The van der Waals surface area contributed by atoms with Crippen LogP contribution in [-0.2, 0) is 20.7 Å². The molecule has 1 amide bonds. The molecule has 0 aliphatic carbocycles. The maximum absolute atomic E-state index is 12.7. The van der Waals surface area contributed by atoms with Crippen LogP contribution in [0.25, 0.3) is 11.0 Å². The number of furan rings is 1. The number of ether oxygens (including phenoxy) is 1. The van der Waals surface area contributed by atoms with Crippen LogP contribution in [-0.4, -0.2) is 18.5 Å². The highest BCUT2D eigenvalue weighted by Crippen LogP contribution is 2.27. The molecule has 5 heteroatoms. The molecule has 1 aromatic heterocycles. The third-order valence-corrected chi connectivity index (χ3v) is 4.91. The van der Waals surface area contributed by atoms with E-state index in [-0.39, 0.29) is 24.7 Å². The normalized spacial score (nSPS) is 12.0. The Kier molecular flexibility index (Phi) is 6.14. The average Bonchev–Trinajstić information content (AvgIpc) is 3.08. The molecular weight excluding hydrogens is 354 g/mol. The van der Waals surface area contributed by atoms with Crippen molar-refractivity contribution in [2.75, 3.05) is 6.61 Å². The summed E-state index contributed by atoms with van der Waals surface area (Å²) in [7, 11) is 0. The van der Waals surface area contributed by atoms with Gasteiger partial charge in [-0.3, -0.25) is 9.59 Å². The number of hydrogen-bond acceptors (Lipinski definition) is 4. The molecule has 1 unspecified atom stereocenters. The summed E-state index contributed by atoms with van der Waals surface area (Å²) in [5.74, 6) is -0.504. The molecule has 1 heterocycles. The smallest absolute Gasteiger partial charge is 0.308 e. The second kappa shape index (κ2) is 8.74. The molecule has 1 N–H and O–H groups in total. The lowest BCUT2D eigenvalue weighted by Gasteiger charge is -2.18. The van der Waals surface area contributed by atoms with Crippen LogP contribution in [0.3, 0.4) is 0 Å². The van der Waals surface area contributed by atoms with Gasteiger partial charge >= 0.3 is 5.97 Å². The zero-order valence-electron chi connectivity index (χ0n) is 16.5. The number of rotatable bonds is 7. The van der Waals surface area contributed by atoms with Crippen molar-refractivity contribution in [2.45, 2.75) is 39.7 Å². The zero-order valence-corrected chi connectivity index (χ0v) is 16.5. The fraction of sp³-hybridized carbons (Fsp3) is 0.304. The Hall–Kier alpha value is -3.08. The molecule has 3 rings (SSSR count). The van der Waals surface area contributed by atoms with Gasteiger partial charge in [-0.2, -0.15) is 0 Å². The van der Waals surface area contributed by atoms with E-state index in [0.717, 1.165) is 33.2 Å². The minimum atomic E-state index is -0.435. The van der Waals surface area contributed by atoms with Crippen LogP contribution in [0.2, 0.25) is 0 Å². The number of carbonyl (C=O) groups is 2. The Morgan fingerprint density at radius 1 is 1.11 bits per heavy atom. The lowest BCUT2D eigenvalue weighted by atomic mass is 10.0. The van der Waals surface area contributed by atoms with Gasteiger partial charge in [-0.15, -0.1) is 0 Å². The number of fused-ring (bicyclic) bond motifs is 1. The Balaban J connectivity index is 1.77. The molecule has 0 bridgehead atoms. The van der Waals surface area contributed by atoms with Gasteiger partial charge in [0.05, 0.1) is 31.8 Å². The number of carbonyl (C=O) groups excluding carboxylic acids is 2. The quantitative estimate of drug-likeness (QED) is 0.618. The highest BCUT2D eigenvalue weighted by Gasteiger charge is 2.20. The standard InChI is InChI=1S/C23H25NO4/c1-4-27-22(26)13-20(17-8-6-5-7-9-17)24-21(25)12-18-14-28-23-16(3)15(2)10-11-19(18)23/h5-11,14,20H,4,12-13H2,1-3H3,(H,24,25). The number of nitrogens with one attached hydrogen (secondary N) is 1. The largest absolute Gasteiger partial charge is 0.466 e. The van der Waals surface area contributed by atoms with Gasteiger partial charge in [0.2, 0.25) is 5.91 Å². The molecule has 3 aromatic rings. The van der Waals surface area contributed by atoms with Crippen LogP contribution in [0.1, 0.15) is 41.6 Å². The molecule has 146 valence electrons. The number of aryl methyl sites for hydroxylation is 2. The monoisotopic (exact) mass is 379 g/mol. The number of amides is 1. The van der Waals surface area contributed by atoms with Crippen molar-refractivity contribution in [3.63, 3.8) is 0 Å². The van der Waals surface area contributed by atoms with Crippen LogP contribution in [0, 0.1) is 13.8 Å². The molecule has 0 aliphatic heterocycles. The second-order valence-electron chi connectivity index (χ2n) is 6.86. The number of esters is 1. The van der Waals surface area contributed by atoms with Crippen LogP contribution in [0.15, 0.2) is 53.1 Å². The average molecular weight is 379 g/mol. The third-order valence-electron chi connectivity index (χ3n) is 4.91. The maximum atomic E-state index is 12.7. The molecule has 0 spiro atoms. The van der Waals surface area contributed by atoms with Crippen LogP contribution in [0.4, 0.5) is 0 Å². The van der Waals surface area contributed by atoms with E-state index >= 15 is 0 Å². The summed E-state index contributed by atoms with van der Waals surface area (Å²) >= 11 is 0. The van der Waals surface area contributed by atoms with Gasteiger partial charge < -0.3 is 14.5 Å². The fourth-order valence-electron chi connectivity index (χ4n) is 3.27. The lowest BCUT2D eigenvalue weighted by Crippen LogP contribution is -2.31. The Morgan fingerprint density at radius 3 is 2.57 bits per heavy atom. The molecule has 5 nitrogen and oxygen atoms in total. The van der Waals surface area contributed by atoms with E-state index in [1.54, 1.807) is 13.2 Å². The van der Waals surface area contributed by atoms with E-state index in [4.69, 9.17) is 9.15 Å². The zero-order chi connectivity index (χ0) is 20.1. The highest BCUT2D eigenvalue weighted by molar-refractivity contribution is 5.89. The summed E-state index contributed by atoms with van der Waals surface area (Å²) in [4.78, 5) is 24.7. The van der Waals surface area contributed by atoms with Crippen molar-refractivity contribution in [1.82, 2.24) is 5.32 Å². The summed E-state index contributed by atoms with van der Waals surface area (Å²) in [5, 5.41) is 3.91. The van der Waals surface area contributed by atoms with Crippen LogP contribution >= 0.6 is 0 Å². The number of benzene rings is 2. The van der Waals surface area contributed by atoms with Crippen molar-refractivity contribution in [3.05, 3.63) is 71.0 Å². The van der Waals surface area contributed by atoms with Gasteiger partial charge in [-0.1, -0.05) is 42.5 Å². The van der Waals surface area contributed by atoms with E-state index in [1.165, 1.54) is 0 Å². The Bertz CT molecular complexity index is 975. The first kappa shape index (κ1) is 19.7. The third kappa shape index (κ3) is 4.42. The van der Waals surface area contributed by atoms with E-state index in [2.05, 4.69) is 5.32 Å². The van der Waals surface area contributed by atoms with Crippen LogP contribution in [0.5, 0.6) is 0 Å². The molecule has 0 saturated carbocycles. The van der Waals surface area contributed by atoms with Gasteiger partial charge in [0, 0.05) is 10.9 Å². The predicted octanol–water partition coefficient (Wildman–Crippen LogP) is 4.40. The van der Waals surface area contributed by atoms with Crippen molar-refractivity contribution in [3.8, 4) is 0 Å². The summed E-state index contributed by atoms with van der Waals surface area (Å²) in [6.07, 6.45) is 1.91. The fourth-order valence-corrected chi connectivity index (χ4v) is 3.27. The van der Waals surface area contributed by atoms with E-state index < -0.39 is 6.04 Å². The van der Waals surface area contributed by atoms with Crippen molar-refractivity contribution in [1.29, 1.82) is 0 Å². The molecule has 0 radical (unpaired) electrons. The number of hydrogen-bond donors (Lipinski definition) is 1. The summed E-state index contributed by atoms with van der Waals surface area (Å²) in [6.45, 7) is 6.12. The second-order valence-corrected chi connectivity index (χ2v) is 6.86. The Morgan fingerprint density at radius 2 is 1.86 bits per heavy atom. The SMILES string of the molecule is CCOC(=O)CC(NC(=O)Cc1coc2c(C)c(C)ccc12)c1ccccc1. The molecule has 1 atom stereocenters. The van der Waals surface area contributed by atoms with E-state index in [1.807, 2.05) is 56.3 Å². The van der Waals surface area contributed by atoms with Gasteiger partial charge in [-0.25, -0.2) is 0 Å². The van der Waals surface area contributed by atoms with Gasteiger partial charge in [0.15, 0.2) is 0 Å². The predicted molar refractivity (Wildman–Crippen MR) is 108 cm³/mol. The summed E-state index contributed by atoms with van der Waals surface area (Å²) in [6, 6.07) is 13.0. The highest BCUT2D eigenvalue weighted by atomic mass is 16.5. The Labute approximate surface area is 164 Å². The van der Waals surface area contributed by atoms with E-state index in [0.29, 0.717) is 6.61 Å². The molecular formula is C23H25NO4. The first-order valence-electron chi connectivity index (χ1n) is 9.45. The maximum Gasteiger partial charge on any atom is 0.308 e. The van der Waals surface area contributed by atoms with Gasteiger partial charge in [0.1, 0.15) is 5.58 Å². The molecule has 2 aromatic carbocycles. The van der Waals surface area contributed by atoms with Crippen molar-refractivity contribution < 1.29 is 18.7 Å². The lowest BCUT2D eigenvalue weighted by molar-refractivity contribution is -0.143. The summed E-state index contributed by atoms with van der Waals surface area (Å²) < 4.78 is 10.8. The molecule has 28 heavy (non-hydrogen) atoms. The minimum absolute atomic E-state index is 0.0913. The molecule has 0 aliphatic rings. The topological polar surface area (TPSA) is 68.5 Å². The first-order valence-corrected chi connectivity index (χ1v) is 9.45. The molecule has 0 fully saturated rings. The summed E-state index contributed by atoms with van der Waals surface area (Å²) in [5.41, 5.74) is 4.74. The first-order chi connectivity index (χ1) is 13.5. The van der Waals surface area contributed by atoms with Crippen LogP contribution < -0.4 is 5.32 Å². The minimum Gasteiger partial charge on any atom is -0.466 e. The van der Waals surface area contributed by atoms with Crippen molar-refractivity contribution >= 4 is 22.8 Å². The van der Waals surface area contributed by atoms with E-state index in [9.17, 15) is 9.59 Å². The van der Waals surface area contributed by atoms with Crippen molar-refractivity contribution in [2.24, 2.45) is 0 Å². The van der Waals surface area contributed by atoms with Gasteiger partial charge in [-0.05, 0) is 37.5 Å². The molecule has 0 saturated heterocycles.